The largest absolute Gasteiger partial charge is 0.483 e. The third-order valence-corrected chi connectivity index (χ3v) is 8.69. The molecule has 12 atom stereocenters. The average Bonchev–Trinajstić information content (AvgIpc) is 3.43. The van der Waals surface area contributed by atoms with Crippen LogP contribution in [-0.4, -0.2) is 123 Å². The summed E-state index contributed by atoms with van der Waals surface area (Å²) in [6.07, 6.45) is -16.7. The predicted molar refractivity (Wildman–Crippen MR) is 124 cm³/mol. The third kappa shape index (κ3) is 6.36. The first kappa shape index (κ1) is 31.2. The Labute approximate surface area is 223 Å². The molecule has 0 aliphatic carbocycles. The lowest BCUT2D eigenvalue weighted by atomic mass is 9.96. The highest BCUT2D eigenvalue weighted by atomic mass is 31.3. The van der Waals surface area contributed by atoms with Gasteiger partial charge in [0.1, 0.15) is 48.2 Å². The number of nitrogens with two attached hydrogens (primary N) is 1. The van der Waals surface area contributed by atoms with E-state index in [-0.39, 0.29) is 16.9 Å². The fourth-order valence-corrected chi connectivity index (χ4v) is 6.23. The Morgan fingerprint density at radius 2 is 1.73 bits per heavy atom. The number of nitrogens with zero attached hydrogens (tertiary/aromatic N) is 3. The van der Waals surface area contributed by atoms with Crippen molar-refractivity contribution < 1.29 is 76.8 Å². The lowest BCUT2D eigenvalue weighted by Crippen LogP contribution is -2.60. The molecule has 19 nitrogen and oxygen atoms in total. The molecule has 2 aromatic rings. The van der Waals surface area contributed by atoms with Crippen molar-refractivity contribution in [2.24, 2.45) is 0 Å². The number of pyridine rings is 1. The fourth-order valence-electron chi connectivity index (χ4n) is 4.07. The van der Waals surface area contributed by atoms with E-state index in [9.17, 15) is 48.8 Å². The first-order valence-electron chi connectivity index (χ1n) is 11.4. The minimum atomic E-state index is -5.69. The highest BCUT2D eigenvalue weighted by Crippen LogP contribution is 2.61. The van der Waals surface area contributed by atoms with E-state index in [1.165, 1.54) is 23.2 Å². The van der Waals surface area contributed by atoms with E-state index in [0.717, 1.165) is 0 Å². The lowest BCUT2D eigenvalue weighted by molar-refractivity contribution is -0.287. The monoisotopic (exact) mass is 620 g/mol. The van der Waals surface area contributed by atoms with E-state index in [4.69, 9.17) is 20.3 Å². The number of anilines is 1. The molecule has 22 heteroatoms. The van der Waals surface area contributed by atoms with E-state index in [1.807, 2.05) is 0 Å². The smallest absolute Gasteiger partial charge is 0.397 e. The molecule has 4 rings (SSSR count). The Morgan fingerprint density at radius 1 is 1.02 bits per heavy atom. The second kappa shape index (κ2) is 11.9. The van der Waals surface area contributed by atoms with Gasteiger partial charge in [0.2, 0.25) is 0 Å². The Hall–Kier alpha value is -1.71. The summed E-state index contributed by atoms with van der Waals surface area (Å²) in [5.74, 6) is 0. The van der Waals surface area contributed by atoms with E-state index in [0.29, 0.717) is 0 Å². The molecular weight excluding hydrogens is 593 g/mol. The Morgan fingerprint density at radius 3 is 2.40 bits per heavy atom. The minimum Gasteiger partial charge on any atom is -0.397 e. The zero-order valence-electron chi connectivity index (χ0n) is 20.0. The van der Waals surface area contributed by atoms with Crippen LogP contribution in [0.4, 0.5) is 10.1 Å². The molecule has 0 amide bonds. The van der Waals surface area contributed by atoms with Gasteiger partial charge in [-0.15, -0.1) is 0 Å². The third-order valence-electron chi connectivity index (χ3n) is 6.09. The molecule has 0 aromatic carbocycles. The van der Waals surface area contributed by atoms with Crippen LogP contribution in [0.1, 0.15) is 6.23 Å². The van der Waals surface area contributed by atoms with Crippen LogP contribution >= 0.6 is 15.6 Å². The van der Waals surface area contributed by atoms with Gasteiger partial charge in [0, 0.05) is 6.20 Å². The minimum absolute atomic E-state index is 0.192. The summed E-state index contributed by atoms with van der Waals surface area (Å²) >= 11 is 0. The van der Waals surface area contributed by atoms with Gasteiger partial charge in [-0.1, -0.05) is 0 Å². The molecule has 0 radical (unpaired) electrons. The second-order valence-corrected chi connectivity index (χ2v) is 11.8. The van der Waals surface area contributed by atoms with E-state index in [1.54, 1.807) is 0 Å². The van der Waals surface area contributed by atoms with Crippen molar-refractivity contribution in [1.29, 1.82) is 0 Å². The van der Waals surface area contributed by atoms with Crippen LogP contribution in [0.25, 0.3) is 11.2 Å². The molecule has 226 valence electrons. The van der Waals surface area contributed by atoms with E-state index in [2.05, 4.69) is 23.3 Å². The summed E-state index contributed by atoms with van der Waals surface area (Å²) in [5, 5.41) is 59.3. The lowest BCUT2D eigenvalue weighted by Gasteiger charge is -2.41. The highest BCUT2D eigenvalue weighted by molar-refractivity contribution is 7.61. The normalized spacial score (nSPS) is 36.8. The summed E-state index contributed by atoms with van der Waals surface area (Å²) < 4.78 is 63.2. The molecule has 2 aliphatic rings. The molecule has 2 fully saturated rings. The van der Waals surface area contributed by atoms with Crippen LogP contribution in [0, 0.1) is 0 Å². The van der Waals surface area contributed by atoms with E-state index < -0.39 is 90.3 Å². The number of imidazole rings is 1. The van der Waals surface area contributed by atoms with E-state index >= 15 is 0 Å². The first-order chi connectivity index (χ1) is 18.7. The highest BCUT2D eigenvalue weighted by Gasteiger charge is 2.51. The number of phosphoric ester groups is 2. The molecule has 5 unspecified atom stereocenters. The van der Waals surface area contributed by atoms with Crippen LogP contribution in [0.15, 0.2) is 18.6 Å². The Kier molecular flexibility index (Phi) is 9.28. The number of nitrogen functional groups attached to an aromatic ring is 1. The Bertz CT molecular complexity index is 1290. The second-order valence-electron chi connectivity index (χ2n) is 8.83. The molecule has 4 heterocycles. The molecule has 0 saturated carbocycles. The van der Waals surface area contributed by atoms with Gasteiger partial charge in [-0.25, -0.2) is 23.5 Å². The number of fused-ring (bicyclic) bond motifs is 1. The number of hydrogen-bond acceptors (Lipinski definition) is 16. The van der Waals surface area contributed by atoms with Gasteiger partial charge in [0.25, 0.3) is 0 Å². The van der Waals surface area contributed by atoms with Crippen molar-refractivity contribution in [3.8, 4) is 0 Å². The Balaban J connectivity index is 1.38. The zero-order valence-corrected chi connectivity index (χ0v) is 21.8. The van der Waals surface area contributed by atoms with Crippen molar-refractivity contribution in [3.05, 3.63) is 18.6 Å². The number of phosphoric acid groups is 2. The van der Waals surface area contributed by atoms with Crippen molar-refractivity contribution >= 4 is 32.5 Å². The standard InChI is InChI=1S/C18H27FN4O15P2/c19-6(3-24)15-12(27)11(26)14(29)18(36-15)37-40(32,33)38-39(30,31)34-4-8-10(25)13(28)17(35-8)23-5-22-9-7(20)1-2-21-16(9)23/h1-2,5-6,8,10-15,17-18,24-29H,3-4H2,(H2,20,21)(H,30,31)(H,32,33)/t6-,8+,10?,11-,12-,13-,14?,15?,17+,18-/m0/s1. The summed E-state index contributed by atoms with van der Waals surface area (Å²) in [6, 6.07) is 1.48. The van der Waals surface area contributed by atoms with Crippen LogP contribution in [0.3, 0.4) is 0 Å². The topological polar surface area (TPSA) is 299 Å². The fraction of sp³-hybridized carbons (Fsp3) is 0.667. The van der Waals surface area contributed by atoms with Crippen LogP contribution < -0.4 is 5.73 Å². The maximum absolute atomic E-state index is 13.9. The number of ether oxygens (including phenoxy) is 2. The molecule has 2 saturated heterocycles. The van der Waals surface area contributed by atoms with Gasteiger partial charge in [0.15, 0.2) is 24.3 Å². The summed E-state index contributed by atoms with van der Waals surface area (Å²) in [5.41, 5.74) is 6.56. The number of aromatic nitrogens is 3. The number of aliphatic hydroxyl groups excluding tert-OH is 6. The summed E-state index contributed by atoms with van der Waals surface area (Å²) in [4.78, 5) is 28.0. The maximum atomic E-state index is 13.9. The van der Waals surface area contributed by atoms with Gasteiger partial charge in [-0.05, 0) is 6.07 Å². The first-order valence-corrected chi connectivity index (χ1v) is 14.4. The molecular formula is C18H27FN4O15P2. The average molecular weight is 620 g/mol. The van der Waals surface area contributed by atoms with Gasteiger partial charge in [0.05, 0.1) is 25.2 Å². The maximum Gasteiger partial charge on any atom is 0.483 e. The van der Waals surface area contributed by atoms with Crippen molar-refractivity contribution in [2.75, 3.05) is 18.9 Å². The molecule has 40 heavy (non-hydrogen) atoms. The summed E-state index contributed by atoms with van der Waals surface area (Å²) in [6.45, 7) is -2.17. The number of halogens is 1. The molecule has 0 spiro atoms. The van der Waals surface area contributed by atoms with Crippen LogP contribution in [0.2, 0.25) is 0 Å². The zero-order chi connectivity index (χ0) is 29.6. The van der Waals surface area contributed by atoms with Gasteiger partial charge < -0.3 is 55.6 Å². The van der Waals surface area contributed by atoms with Crippen molar-refractivity contribution in [3.63, 3.8) is 0 Å². The predicted octanol–water partition coefficient (Wildman–Crippen LogP) is -2.98. The number of aliphatic hydroxyl groups is 6. The van der Waals surface area contributed by atoms with Crippen molar-refractivity contribution in [1.82, 2.24) is 14.5 Å². The number of hydrogen-bond donors (Lipinski definition) is 9. The van der Waals surface area contributed by atoms with Gasteiger partial charge in [-0.3, -0.25) is 13.6 Å². The van der Waals surface area contributed by atoms with Crippen LogP contribution in [-0.2, 0) is 32.0 Å². The van der Waals surface area contributed by atoms with Gasteiger partial charge >= 0.3 is 15.6 Å². The molecule has 0 bridgehead atoms. The molecule has 10 N–H and O–H groups in total. The number of rotatable bonds is 10. The van der Waals surface area contributed by atoms with Crippen molar-refractivity contribution in [2.45, 2.75) is 61.4 Å². The SMILES string of the molecule is Nc1ccnc2c1ncn2[C@@H]1O[C@H](COP(=O)(O)OP(=O)(O)O[C@@H]2OC([C@@H](F)CO)[C@@H](O)[C@H](O)C2O)C(O)[C@@H]1O. The summed E-state index contributed by atoms with van der Waals surface area (Å²) in [7, 11) is -11.2. The van der Waals surface area contributed by atoms with Gasteiger partial charge in [-0.2, -0.15) is 4.31 Å². The number of alkyl halides is 1. The quantitative estimate of drug-likeness (QED) is 0.120. The van der Waals surface area contributed by atoms with Crippen LogP contribution in [0.5, 0.6) is 0 Å². The molecule has 2 aliphatic heterocycles. The molecule has 2 aromatic heterocycles.